The van der Waals surface area contributed by atoms with Crippen molar-refractivity contribution in [2.75, 3.05) is 0 Å². The second kappa shape index (κ2) is 4.15. The SMILES string of the molecule is CC#CC(CC)OC(=O)C1CC1. The fourth-order valence-electron chi connectivity index (χ4n) is 0.931. The summed E-state index contributed by atoms with van der Waals surface area (Å²) >= 11 is 0. The van der Waals surface area contributed by atoms with Gasteiger partial charge in [-0.05, 0) is 26.2 Å². The first-order valence-corrected chi connectivity index (χ1v) is 4.40. The van der Waals surface area contributed by atoms with Gasteiger partial charge in [0, 0.05) is 0 Å². The van der Waals surface area contributed by atoms with Gasteiger partial charge in [-0.3, -0.25) is 4.79 Å². The Balaban J connectivity index is 2.33. The van der Waals surface area contributed by atoms with E-state index in [1.165, 1.54) is 0 Å². The fourth-order valence-corrected chi connectivity index (χ4v) is 0.931. The third kappa shape index (κ3) is 2.58. The Morgan fingerprint density at radius 2 is 2.33 bits per heavy atom. The van der Waals surface area contributed by atoms with Crippen molar-refractivity contribution in [2.45, 2.75) is 39.2 Å². The highest BCUT2D eigenvalue weighted by atomic mass is 16.5. The minimum atomic E-state index is -0.192. The van der Waals surface area contributed by atoms with Crippen LogP contribution in [0.4, 0.5) is 0 Å². The van der Waals surface area contributed by atoms with Crippen LogP contribution in [0.25, 0.3) is 0 Å². The predicted octanol–water partition coefficient (Wildman–Crippen LogP) is 1.74. The van der Waals surface area contributed by atoms with E-state index in [-0.39, 0.29) is 18.0 Å². The zero-order chi connectivity index (χ0) is 8.97. The number of rotatable bonds is 3. The lowest BCUT2D eigenvalue weighted by atomic mass is 10.3. The van der Waals surface area contributed by atoms with Crippen LogP contribution in [0.5, 0.6) is 0 Å². The zero-order valence-corrected chi connectivity index (χ0v) is 7.59. The van der Waals surface area contributed by atoms with Crippen LogP contribution >= 0.6 is 0 Å². The van der Waals surface area contributed by atoms with Gasteiger partial charge in [-0.15, -0.1) is 5.92 Å². The van der Waals surface area contributed by atoms with Crippen LogP contribution in [-0.2, 0) is 9.53 Å². The van der Waals surface area contributed by atoms with Gasteiger partial charge < -0.3 is 4.74 Å². The molecule has 0 bridgehead atoms. The Kier molecular flexibility index (Phi) is 3.16. The molecule has 0 aromatic rings. The van der Waals surface area contributed by atoms with Crippen molar-refractivity contribution >= 4 is 5.97 Å². The van der Waals surface area contributed by atoms with E-state index in [1.54, 1.807) is 6.92 Å². The molecule has 0 heterocycles. The third-order valence-corrected chi connectivity index (χ3v) is 1.85. The number of hydrogen-bond donors (Lipinski definition) is 0. The predicted molar refractivity (Wildman–Crippen MR) is 46.3 cm³/mol. The van der Waals surface area contributed by atoms with E-state index in [2.05, 4.69) is 11.8 Å². The van der Waals surface area contributed by atoms with Gasteiger partial charge in [0.05, 0.1) is 5.92 Å². The van der Waals surface area contributed by atoms with Crippen LogP contribution in [0.2, 0.25) is 0 Å². The van der Waals surface area contributed by atoms with Crippen molar-refractivity contribution in [3.8, 4) is 11.8 Å². The van der Waals surface area contributed by atoms with Gasteiger partial charge >= 0.3 is 5.97 Å². The second-order valence-electron chi connectivity index (χ2n) is 3.00. The molecule has 1 rings (SSSR count). The summed E-state index contributed by atoms with van der Waals surface area (Å²) in [5.74, 6) is 5.72. The van der Waals surface area contributed by atoms with Crippen LogP contribution < -0.4 is 0 Å². The van der Waals surface area contributed by atoms with Gasteiger partial charge in [-0.2, -0.15) is 0 Å². The highest BCUT2D eigenvalue weighted by Crippen LogP contribution is 2.30. The average Bonchev–Trinajstić information content (AvgIpc) is 2.85. The van der Waals surface area contributed by atoms with Gasteiger partial charge in [0.1, 0.15) is 0 Å². The monoisotopic (exact) mass is 166 g/mol. The Morgan fingerprint density at radius 1 is 1.67 bits per heavy atom. The van der Waals surface area contributed by atoms with Gasteiger partial charge in [0.2, 0.25) is 0 Å². The lowest BCUT2D eigenvalue weighted by molar-refractivity contribution is -0.148. The van der Waals surface area contributed by atoms with E-state index >= 15 is 0 Å². The first-order chi connectivity index (χ1) is 5.77. The first-order valence-electron chi connectivity index (χ1n) is 4.40. The Hall–Kier alpha value is -0.970. The maximum atomic E-state index is 11.2. The maximum absolute atomic E-state index is 11.2. The molecule has 0 aromatic heterocycles. The molecule has 0 aromatic carbocycles. The number of ether oxygens (including phenoxy) is 1. The summed E-state index contributed by atoms with van der Waals surface area (Å²) in [5.41, 5.74) is 0. The molecule has 0 spiro atoms. The van der Waals surface area contributed by atoms with E-state index in [1.807, 2.05) is 6.92 Å². The van der Waals surface area contributed by atoms with Crippen molar-refractivity contribution < 1.29 is 9.53 Å². The van der Waals surface area contributed by atoms with Crippen molar-refractivity contribution in [2.24, 2.45) is 5.92 Å². The normalized spacial score (nSPS) is 17.5. The van der Waals surface area contributed by atoms with Gasteiger partial charge in [0.25, 0.3) is 0 Å². The van der Waals surface area contributed by atoms with Crippen LogP contribution in [0.1, 0.15) is 33.1 Å². The molecule has 1 aliphatic rings. The number of esters is 1. The number of hydrogen-bond acceptors (Lipinski definition) is 2. The van der Waals surface area contributed by atoms with Crippen LogP contribution in [0.15, 0.2) is 0 Å². The molecule has 0 aliphatic heterocycles. The van der Waals surface area contributed by atoms with Gasteiger partial charge in [-0.25, -0.2) is 0 Å². The highest BCUT2D eigenvalue weighted by molar-refractivity contribution is 5.75. The zero-order valence-electron chi connectivity index (χ0n) is 7.59. The Labute approximate surface area is 73.3 Å². The molecule has 0 N–H and O–H groups in total. The summed E-state index contributed by atoms with van der Waals surface area (Å²) in [6.45, 7) is 3.73. The number of carbonyl (C=O) groups excluding carboxylic acids is 1. The van der Waals surface area contributed by atoms with E-state index in [9.17, 15) is 4.79 Å². The standard InChI is InChI=1S/C10H14O2/c1-3-5-9(4-2)12-10(11)8-6-7-8/h8-9H,4,6-7H2,1-2H3. The molecule has 1 atom stereocenters. The van der Waals surface area contributed by atoms with E-state index in [4.69, 9.17) is 4.74 Å². The molecule has 0 saturated heterocycles. The summed E-state index contributed by atoms with van der Waals surface area (Å²) < 4.78 is 5.15. The van der Waals surface area contributed by atoms with Crippen molar-refractivity contribution in [3.63, 3.8) is 0 Å². The molecule has 1 saturated carbocycles. The minimum Gasteiger partial charge on any atom is -0.449 e. The fraction of sp³-hybridized carbons (Fsp3) is 0.700. The van der Waals surface area contributed by atoms with Crippen molar-refractivity contribution in [1.82, 2.24) is 0 Å². The topological polar surface area (TPSA) is 26.3 Å². The average molecular weight is 166 g/mol. The molecule has 2 nitrogen and oxygen atoms in total. The molecule has 66 valence electrons. The van der Waals surface area contributed by atoms with Crippen molar-refractivity contribution in [1.29, 1.82) is 0 Å². The molecule has 0 radical (unpaired) electrons. The molecular formula is C10H14O2. The molecule has 0 amide bonds. The minimum absolute atomic E-state index is 0.0652. The summed E-state index contributed by atoms with van der Waals surface area (Å²) in [6.07, 6.45) is 2.58. The van der Waals surface area contributed by atoms with Crippen LogP contribution in [0.3, 0.4) is 0 Å². The van der Waals surface area contributed by atoms with Crippen LogP contribution in [0, 0.1) is 17.8 Å². The molecule has 1 fully saturated rings. The third-order valence-electron chi connectivity index (χ3n) is 1.85. The maximum Gasteiger partial charge on any atom is 0.310 e. The highest BCUT2D eigenvalue weighted by Gasteiger charge is 2.32. The Bertz CT molecular complexity index is 218. The Morgan fingerprint density at radius 3 is 2.75 bits per heavy atom. The number of carbonyl (C=O) groups is 1. The van der Waals surface area contributed by atoms with Crippen LogP contribution in [-0.4, -0.2) is 12.1 Å². The summed E-state index contributed by atoms with van der Waals surface area (Å²) in [4.78, 5) is 11.2. The van der Waals surface area contributed by atoms with E-state index in [0.717, 1.165) is 19.3 Å². The first kappa shape index (κ1) is 9.12. The van der Waals surface area contributed by atoms with Gasteiger partial charge in [-0.1, -0.05) is 12.8 Å². The quantitative estimate of drug-likeness (QED) is 0.471. The molecule has 2 heteroatoms. The molecule has 1 unspecified atom stereocenters. The lowest BCUT2D eigenvalue weighted by Gasteiger charge is -2.08. The van der Waals surface area contributed by atoms with Gasteiger partial charge in [0.15, 0.2) is 6.10 Å². The summed E-state index contributed by atoms with van der Waals surface area (Å²) in [5, 5.41) is 0. The van der Waals surface area contributed by atoms with E-state index < -0.39 is 0 Å². The van der Waals surface area contributed by atoms with Crippen molar-refractivity contribution in [3.05, 3.63) is 0 Å². The molecule has 12 heavy (non-hydrogen) atoms. The van der Waals surface area contributed by atoms with E-state index in [0.29, 0.717) is 0 Å². The largest absolute Gasteiger partial charge is 0.449 e. The smallest absolute Gasteiger partial charge is 0.310 e. The second-order valence-corrected chi connectivity index (χ2v) is 3.00. The molecular weight excluding hydrogens is 152 g/mol. The summed E-state index contributed by atoms with van der Waals surface area (Å²) in [6, 6.07) is 0. The molecule has 1 aliphatic carbocycles. The summed E-state index contributed by atoms with van der Waals surface area (Å²) in [7, 11) is 0. The lowest BCUT2D eigenvalue weighted by Crippen LogP contribution is -2.16.